The van der Waals surface area contributed by atoms with Crippen molar-refractivity contribution in [2.24, 2.45) is 0 Å². The molecule has 0 radical (unpaired) electrons. The van der Waals surface area contributed by atoms with Crippen molar-refractivity contribution in [3.63, 3.8) is 0 Å². The normalized spacial score (nSPS) is 10.2. The van der Waals surface area contributed by atoms with Crippen molar-refractivity contribution in [2.45, 2.75) is 19.6 Å². The SMILES string of the molecule is O=C(Cc1ccccc1)NCc1ccc(OCc2ccccc2)cn1. The van der Waals surface area contributed by atoms with Crippen LogP contribution < -0.4 is 10.1 Å². The molecular weight excluding hydrogens is 312 g/mol. The maximum absolute atomic E-state index is 11.9. The first-order valence-electron chi connectivity index (χ1n) is 8.22. The van der Waals surface area contributed by atoms with Gasteiger partial charge in [0.1, 0.15) is 12.4 Å². The van der Waals surface area contributed by atoms with E-state index in [1.54, 1.807) is 6.20 Å². The molecule has 4 heteroatoms. The van der Waals surface area contributed by atoms with Crippen molar-refractivity contribution in [3.05, 3.63) is 95.8 Å². The Morgan fingerprint density at radius 1 is 0.880 bits per heavy atom. The standard InChI is InChI=1S/C21H20N2O2/c24-21(13-17-7-3-1-4-8-17)23-14-19-11-12-20(15-22-19)25-16-18-9-5-2-6-10-18/h1-12,15H,13-14,16H2,(H,23,24). The van der Waals surface area contributed by atoms with Crippen LogP contribution in [0.15, 0.2) is 79.0 Å². The fourth-order valence-electron chi connectivity index (χ4n) is 2.37. The number of hydrogen-bond acceptors (Lipinski definition) is 3. The molecule has 0 bridgehead atoms. The van der Waals surface area contributed by atoms with Gasteiger partial charge in [0, 0.05) is 0 Å². The molecule has 0 aliphatic rings. The molecule has 0 atom stereocenters. The van der Waals surface area contributed by atoms with Crippen molar-refractivity contribution in [1.82, 2.24) is 10.3 Å². The maximum atomic E-state index is 11.9. The van der Waals surface area contributed by atoms with Crippen LogP contribution in [0.1, 0.15) is 16.8 Å². The Morgan fingerprint density at radius 3 is 2.20 bits per heavy atom. The minimum Gasteiger partial charge on any atom is -0.487 e. The Labute approximate surface area is 147 Å². The van der Waals surface area contributed by atoms with Gasteiger partial charge in [0.05, 0.1) is 24.9 Å². The highest BCUT2D eigenvalue weighted by molar-refractivity contribution is 5.78. The third-order valence-electron chi connectivity index (χ3n) is 3.72. The summed E-state index contributed by atoms with van der Waals surface area (Å²) in [6.45, 7) is 0.917. The van der Waals surface area contributed by atoms with Crippen LogP contribution >= 0.6 is 0 Å². The second kappa shape index (κ2) is 8.64. The number of benzene rings is 2. The third kappa shape index (κ3) is 5.46. The molecule has 1 aromatic heterocycles. The van der Waals surface area contributed by atoms with Gasteiger partial charge in [0.15, 0.2) is 0 Å². The van der Waals surface area contributed by atoms with E-state index >= 15 is 0 Å². The molecule has 0 saturated carbocycles. The van der Waals surface area contributed by atoms with Crippen LogP contribution in [-0.2, 0) is 24.4 Å². The van der Waals surface area contributed by atoms with E-state index in [4.69, 9.17) is 4.74 Å². The lowest BCUT2D eigenvalue weighted by Gasteiger charge is -2.08. The minimum atomic E-state index is -0.0163. The van der Waals surface area contributed by atoms with Gasteiger partial charge in [0.25, 0.3) is 0 Å². The van der Waals surface area contributed by atoms with Gasteiger partial charge in [-0.15, -0.1) is 0 Å². The van der Waals surface area contributed by atoms with Gasteiger partial charge in [-0.25, -0.2) is 0 Å². The summed E-state index contributed by atoms with van der Waals surface area (Å²) in [5, 5.41) is 2.88. The van der Waals surface area contributed by atoms with E-state index in [1.807, 2.05) is 72.8 Å². The smallest absolute Gasteiger partial charge is 0.224 e. The van der Waals surface area contributed by atoms with Gasteiger partial charge < -0.3 is 10.1 Å². The molecule has 4 nitrogen and oxygen atoms in total. The molecule has 0 unspecified atom stereocenters. The van der Waals surface area contributed by atoms with Crippen molar-refractivity contribution in [3.8, 4) is 5.75 Å². The topological polar surface area (TPSA) is 51.2 Å². The van der Waals surface area contributed by atoms with E-state index in [9.17, 15) is 4.79 Å². The number of rotatable bonds is 7. The van der Waals surface area contributed by atoms with Crippen molar-refractivity contribution in [2.75, 3.05) is 0 Å². The summed E-state index contributed by atoms with van der Waals surface area (Å²) in [6, 6.07) is 23.4. The van der Waals surface area contributed by atoms with Crippen LogP contribution in [0.5, 0.6) is 5.75 Å². The van der Waals surface area contributed by atoms with Crippen LogP contribution in [0.4, 0.5) is 0 Å². The van der Waals surface area contributed by atoms with Crippen LogP contribution in [0.3, 0.4) is 0 Å². The lowest BCUT2D eigenvalue weighted by molar-refractivity contribution is -0.120. The van der Waals surface area contributed by atoms with E-state index in [2.05, 4.69) is 10.3 Å². The predicted molar refractivity (Wildman–Crippen MR) is 97.0 cm³/mol. The van der Waals surface area contributed by atoms with Gasteiger partial charge in [-0.3, -0.25) is 9.78 Å². The molecule has 126 valence electrons. The van der Waals surface area contributed by atoms with E-state index in [-0.39, 0.29) is 5.91 Å². The largest absolute Gasteiger partial charge is 0.487 e. The van der Waals surface area contributed by atoms with Gasteiger partial charge >= 0.3 is 0 Å². The first kappa shape index (κ1) is 16.7. The van der Waals surface area contributed by atoms with Crippen LogP contribution in [0, 0.1) is 0 Å². The monoisotopic (exact) mass is 332 g/mol. The predicted octanol–water partition coefficient (Wildman–Crippen LogP) is 3.52. The van der Waals surface area contributed by atoms with E-state index in [0.29, 0.717) is 25.3 Å². The molecule has 1 N–H and O–H groups in total. The van der Waals surface area contributed by atoms with Gasteiger partial charge in [-0.1, -0.05) is 60.7 Å². The highest BCUT2D eigenvalue weighted by Gasteiger charge is 2.04. The van der Waals surface area contributed by atoms with E-state index < -0.39 is 0 Å². The minimum absolute atomic E-state index is 0.0163. The van der Waals surface area contributed by atoms with Crippen molar-refractivity contribution >= 4 is 5.91 Å². The third-order valence-corrected chi connectivity index (χ3v) is 3.72. The Bertz CT molecular complexity index is 787. The van der Waals surface area contributed by atoms with Crippen LogP contribution in [-0.4, -0.2) is 10.9 Å². The molecule has 3 aromatic rings. The zero-order chi connectivity index (χ0) is 17.3. The summed E-state index contributed by atoms with van der Waals surface area (Å²) < 4.78 is 5.70. The highest BCUT2D eigenvalue weighted by atomic mass is 16.5. The molecule has 3 rings (SSSR count). The number of hydrogen-bond donors (Lipinski definition) is 1. The molecule has 2 aromatic carbocycles. The average molecular weight is 332 g/mol. The molecule has 1 heterocycles. The van der Waals surface area contributed by atoms with Crippen molar-refractivity contribution < 1.29 is 9.53 Å². The molecular formula is C21H20N2O2. The average Bonchev–Trinajstić information content (AvgIpc) is 2.67. The number of ether oxygens (including phenoxy) is 1. The quantitative estimate of drug-likeness (QED) is 0.720. The van der Waals surface area contributed by atoms with Gasteiger partial charge in [-0.2, -0.15) is 0 Å². The second-order valence-corrected chi connectivity index (χ2v) is 5.70. The summed E-state index contributed by atoms with van der Waals surface area (Å²) in [7, 11) is 0. The Balaban J connectivity index is 1.45. The number of pyridine rings is 1. The first-order chi connectivity index (χ1) is 12.3. The molecule has 0 fully saturated rings. The van der Waals surface area contributed by atoms with E-state index in [1.165, 1.54) is 0 Å². The highest BCUT2D eigenvalue weighted by Crippen LogP contribution is 2.12. The molecule has 0 aliphatic carbocycles. The molecule has 0 spiro atoms. The summed E-state index contributed by atoms with van der Waals surface area (Å²) in [5.74, 6) is 0.695. The Kier molecular flexibility index (Phi) is 5.77. The lowest BCUT2D eigenvalue weighted by Crippen LogP contribution is -2.24. The number of nitrogens with one attached hydrogen (secondary N) is 1. The molecule has 1 amide bonds. The van der Waals surface area contributed by atoms with Gasteiger partial charge in [0.2, 0.25) is 5.91 Å². The molecule has 0 aliphatic heterocycles. The number of amides is 1. The maximum Gasteiger partial charge on any atom is 0.224 e. The van der Waals surface area contributed by atoms with E-state index in [0.717, 1.165) is 16.8 Å². The number of carbonyl (C=O) groups is 1. The zero-order valence-corrected chi connectivity index (χ0v) is 13.9. The number of nitrogens with zero attached hydrogens (tertiary/aromatic N) is 1. The summed E-state index contributed by atoms with van der Waals surface area (Å²) in [5.41, 5.74) is 2.91. The fraction of sp³-hybridized carbons (Fsp3) is 0.143. The fourth-order valence-corrected chi connectivity index (χ4v) is 2.37. The molecule has 0 saturated heterocycles. The van der Waals surface area contributed by atoms with Crippen molar-refractivity contribution in [1.29, 1.82) is 0 Å². The second-order valence-electron chi connectivity index (χ2n) is 5.70. The molecule has 25 heavy (non-hydrogen) atoms. The number of aromatic nitrogens is 1. The Morgan fingerprint density at radius 2 is 1.56 bits per heavy atom. The lowest BCUT2D eigenvalue weighted by atomic mass is 10.1. The first-order valence-corrected chi connectivity index (χ1v) is 8.22. The number of carbonyl (C=O) groups excluding carboxylic acids is 1. The van der Waals surface area contributed by atoms with Gasteiger partial charge in [-0.05, 0) is 23.3 Å². The van der Waals surface area contributed by atoms with Crippen LogP contribution in [0.25, 0.3) is 0 Å². The summed E-state index contributed by atoms with van der Waals surface area (Å²) >= 11 is 0. The summed E-state index contributed by atoms with van der Waals surface area (Å²) in [4.78, 5) is 16.3. The van der Waals surface area contributed by atoms with Crippen LogP contribution in [0.2, 0.25) is 0 Å². The zero-order valence-electron chi connectivity index (χ0n) is 13.9. The summed E-state index contributed by atoms with van der Waals surface area (Å²) in [6.07, 6.45) is 2.06. The Hall–Kier alpha value is -3.14.